The number of aliphatic hydroxyl groups is 1. The molecule has 27 heavy (non-hydrogen) atoms. The van der Waals surface area contributed by atoms with Crippen LogP contribution >= 0.6 is 0 Å². The third kappa shape index (κ3) is 4.43. The summed E-state index contributed by atoms with van der Waals surface area (Å²) in [5, 5.41) is 14.1. The molecule has 4 rings (SSSR count). The minimum atomic E-state index is -0.114. The Bertz CT molecular complexity index is 902. The molecule has 140 valence electrons. The van der Waals surface area contributed by atoms with Crippen molar-refractivity contribution >= 4 is 16.7 Å². The number of piperidine rings is 1. The fourth-order valence-corrected chi connectivity index (χ4v) is 3.60. The topological polar surface area (TPSA) is 61.3 Å². The molecule has 1 fully saturated rings. The Morgan fingerprint density at radius 3 is 2.56 bits per heavy atom. The third-order valence-electron chi connectivity index (χ3n) is 5.24. The molecule has 5 nitrogen and oxygen atoms in total. The third-order valence-corrected chi connectivity index (χ3v) is 5.24. The van der Waals surface area contributed by atoms with Crippen LogP contribution in [0.25, 0.3) is 10.9 Å². The SMILES string of the molecule is Cc1ccc2ncnc(NCc3ccc(CN4CCC(O)CC4)cc3)c2c1. The van der Waals surface area contributed by atoms with E-state index in [2.05, 4.69) is 63.5 Å². The molecule has 1 saturated heterocycles. The van der Waals surface area contributed by atoms with Crippen LogP contribution in [-0.4, -0.2) is 39.2 Å². The lowest BCUT2D eigenvalue weighted by molar-refractivity contribution is 0.0792. The smallest absolute Gasteiger partial charge is 0.137 e. The first kappa shape index (κ1) is 17.9. The number of aliphatic hydroxyl groups excluding tert-OH is 1. The first-order chi connectivity index (χ1) is 13.2. The number of aryl methyl sites for hydroxylation is 1. The fourth-order valence-electron chi connectivity index (χ4n) is 3.60. The molecule has 0 saturated carbocycles. The summed E-state index contributed by atoms with van der Waals surface area (Å²) in [6.45, 7) is 5.72. The van der Waals surface area contributed by atoms with Crippen molar-refractivity contribution in [3.05, 3.63) is 65.5 Å². The van der Waals surface area contributed by atoms with E-state index in [1.54, 1.807) is 6.33 Å². The Morgan fingerprint density at radius 2 is 1.78 bits per heavy atom. The molecule has 0 spiro atoms. The molecule has 0 bridgehead atoms. The van der Waals surface area contributed by atoms with E-state index in [1.165, 1.54) is 16.7 Å². The predicted molar refractivity (Wildman–Crippen MR) is 109 cm³/mol. The van der Waals surface area contributed by atoms with Crippen LogP contribution in [-0.2, 0) is 13.1 Å². The molecule has 2 heterocycles. The van der Waals surface area contributed by atoms with Crippen LogP contribution in [0.1, 0.15) is 29.5 Å². The number of aromatic nitrogens is 2. The van der Waals surface area contributed by atoms with Gasteiger partial charge in [-0.25, -0.2) is 9.97 Å². The van der Waals surface area contributed by atoms with Crippen molar-refractivity contribution in [2.24, 2.45) is 0 Å². The van der Waals surface area contributed by atoms with E-state index in [1.807, 2.05) is 6.07 Å². The number of benzene rings is 2. The van der Waals surface area contributed by atoms with Crippen molar-refractivity contribution in [3.8, 4) is 0 Å². The van der Waals surface area contributed by atoms with Crippen molar-refractivity contribution in [1.29, 1.82) is 0 Å². The van der Waals surface area contributed by atoms with E-state index in [9.17, 15) is 5.11 Å². The van der Waals surface area contributed by atoms with Gasteiger partial charge in [-0.3, -0.25) is 4.90 Å². The minimum Gasteiger partial charge on any atom is -0.393 e. The predicted octanol–water partition coefficient (Wildman–Crippen LogP) is 3.51. The molecule has 0 amide bonds. The molecule has 0 aliphatic carbocycles. The van der Waals surface area contributed by atoms with Crippen LogP contribution in [0.3, 0.4) is 0 Å². The number of fused-ring (bicyclic) bond motifs is 1. The molecule has 1 aromatic heterocycles. The van der Waals surface area contributed by atoms with Gasteiger partial charge in [-0.15, -0.1) is 0 Å². The second kappa shape index (κ2) is 8.03. The lowest BCUT2D eigenvalue weighted by Gasteiger charge is -2.29. The number of nitrogens with one attached hydrogen (secondary N) is 1. The van der Waals surface area contributed by atoms with Gasteiger partial charge in [-0.1, -0.05) is 35.9 Å². The zero-order valence-electron chi connectivity index (χ0n) is 15.7. The van der Waals surface area contributed by atoms with Gasteiger partial charge in [0.25, 0.3) is 0 Å². The molecular weight excluding hydrogens is 336 g/mol. The van der Waals surface area contributed by atoms with E-state index in [-0.39, 0.29) is 6.10 Å². The molecule has 0 radical (unpaired) electrons. The highest BCUT2D eigenvalue weighted by molar-refractivity contribution is 5.89. The average molecular weight is 362 g/mol. The van der Waals surface area contributed by atoms with Gasteiger partial charge in [0.05, 0.1) is 11.6 Å². The van der Waals surface area contributed by atoms with Crippen LogP contribution in [0, 0.1) is 6.92 Å². The normalized spacial score (nSPS) is 15.9. The largest absolute Gasteiger partial charge is 0.393 e. The zero-order valence-corrected chi connectivity index (χ0v) is 15.7. The van der Waals surface area contributed by atoms with Crippen LogP contribution in [0.5, 0.6) is 0 Å². The Morgan fingerprint density at radius 1 is 1.04 bits per heavy atom. The molecule has 5 heteroatoms. The van der Waals surface area contributed by atoms with E-state index in [4.69, 9.17) is 0 Å². The lowest BCUT2D eigenvalue weighted by Crippen LogP contribution is -2.35. The quantitative estimate of drug-likeness (QED) is 0.727. The molecule has 1 aliphatic rings. The average Bonchev–Trinajstić information content (AvgIpc) is 2.69. The standard InChI is InChI=1S/C22H26N4O/c1-16-2-7-21-20(12-16)22(25-15-24-21)23-13-17-3-5-18(6-4-17)14-26-10-8-19(27)9-11-26/h2-7,12,15,19,27H,8-11,13-14H2,1H3,(H,23,24,25). The maximum Gasteiger partial charge on any atom is 0.137 e. The molecule has 1 aliphatic heterocycles. The second-order valence-corrected chi connectivity index (χ2v) is 7.42. The summed E-state index contributed by atoms with van der Waals surface area (Å²) < 4.78 is 0. The fraction of sp³-hybridized carbons (Fsp3) is 0.364. The monoisotopic (exact) mass is 362 g/mol. The van der Waals surface area contributed by atoms with Gasteiger partial charge in [0.2, 0.25) is 0 Å². The van der Waals surface area contributed by atoms with Gasteiger partial charge in [0.1, 0.15) is 12.1 Å². The highest BCUT2D eigenvalue weighted by Gasteiger charge is 2.16. The summed E-state index contributed by atoms with van der Waals surface area (Å²) in [6.07, 6.45) is 3.26. The van der Waals surface area contributed by atoms with E-state index in [0.29, 0.717) is 0 Å². The maximum atomic E-state index is 9.62. The van der Waals surface area contributed by atoms with E-state index < -0.39 is 0 Å². The Kier molecular flexibility index (Phi) is 5.32. The lowest BCUT2D eigenvalue weighted by atomic mass is 10.1. The summed E-state index contributed by atoms with van der Waals surface area (Å²) >= 11 is 0. The van der Waals surface area contributed by atoms with Gasteiger partial charge >= 0.3 is 0 Å². The van der Waals surface area contributed by atoms with Gasteiger partial charge in [0, 0.05) is 31.6 Å². The maximum absolute atomic E-state index is 9.62. The van der Waals surface area contributed by atoms with Crippen molar-refractivity contribution in [2.75, 3.05) is 18.4 Å². The molecule has 2 N–H and O–H groups in total. The number of nitrogens with zero attached hydrogens (tertiary/aromatic N) is 3. The summed E-state index contributed by atoms with van der Waals surface area (Å²) in [5.41, 5.74) is 4.71. The molecule has 0 atom stereocenters. The van der Waals surface area contributed by atoms with Gasteiger partial charge in [0.15, 0.2) is 0 Å². The van der Waals surface area contributed by atoms with Crippen LogP contribution in [0.15, 0.2) is 48.8 Å². The molecular formula is C22H26N4O. The summed E-state index contributed by atoms with van der Waals surface area (Å²) in [6, 6.07) is 15.0. The number of likely N-dealkylation sites (tertiary alicyclic amines) is 1. The van der Waals surface area contributed by atoms with Crippen LogP contribution in [0.4, 0.5) is 5.82 Å². The summed E-state index contributed by atoms with van der Waals surface area (Å²) in [5.74, 6) is 0.875. The van der Waals surface area contributed by atoms with E-state index >= 15 is 0 Å². The van der Waals surface area contributed by atoms with Crippen LogP contribution in [0.2, 0.25) is 0 Å². The number of hydrogen-bond acceptors (Lipinski definition) is 5. The summed E-state index contributed by atoms with van der Waals surface area (Å²) in [7, 11) is 0. The minimum absolute atomic E-state index is 0.114. The van der Waals surface area contributed by atoms with Crippen molar-refractivity contribution in [1.82, 2.24) is 14.9 Å². The van der Waals surface area contributed by atoms with Crippen LogP contribution < -0.4 is 5.32 Å². The first-order valence-electron chi connectivity index (χ1n) is 9.61. The molecule has 0 unspecified atom stereocenters. The number of hydrogen-bond donors (Lipinski definition) is 2. The van der Waals surface area contributed by atoms with Gasteiger partial charge in [-0.05, 0) is 43.0 Å². The number of rotatable bonds is 5. The molecule has 3 aromatic rings. The van der Waals surface area contributed by atoms with Gasteiger partial charge < -0.3 is 10.4 Å². The molecule has 2 aromatic carbocycles. The van der Waals surface area contributed by atoms with Crippen molar-refractivity contribution < 1.29 is 5.11 Å². The second-order valence-electron chi connectivity index (χ2n) is 7.42. The highest BCUT2D eigenvalue weighted by Crippen LogP contribution is 2.21. The first-order valence-corrected chi connectivity index (χ1v) is 9.61. The highest BCUT2D eigenvalue weighted by atomic mass is 16.3. The van der Waals surface area contributed by atoms with Crippen molar-refractivity contribution in [3.63, 3.8) is 0 Å². The Labute approximate surface area is 160 Å². The number of anilines is 1. The Hall–Kier alpha value is -2.50. The Balaban J connectivity index is 1.38. The zero-order chi connectivity index (χ0) is 18.6. The van der Waals surface area contributed by atoms with E-state index in [0.717, 1.165) is 55.7 Å². The van der Waals surface area contributed by atoms with Crippen molar-refractivity contribution in [2.45, 2.75) is 39.0 Å². The summed E-state index contributed by atoms with van der Waals surface area (Å²) in [4.78, 5) is 11.2. The van der Waals surface area contributed by atoms with Gasteiger partial charge in [-0.2, -0.15) is 0 Å².